The lowest BCUT2D eigenvalue weighted by atomic mass is 9.85. The first-order chi connectivity index (χ1) is 7.52. The zero-order chi connectivity index (χ0) is 11.8. The molecule has 2 rings (SSSR count). The second-order valence-corrected chi connectivity index (χ2v) is 5.88. The van der Waals surface area contributed by atoms with Gasteiger partial charge >= 0.3 is 5.97 Å². The Bertz CT molecular complexity index is 267. The van der Waals surface area contributed by atoms with E-state index in [4.69, 9.17) is 0 Å². The van der Waals surface area contributed by atoms with Crippen LogP contribution in [0.15, 0.2) is 0 Å². The standard InChI is InChI=1S/C13H23NO2/c1-9-3-7-11(8-4-9)14-13(2,12(15)16)10-5-6-10/h9-11,14H,3-8H2,1-2H3,(H,15,16). The van der Waals surface area contributed by atoms with Crippen molar-refractivity contribution in [1.82, 2.24) is 5.32 Å². The van der Waals surface area contributed by atoms with Gasteiger partial charge in [0.15, 0.2) is 0 Å². The van der Waals surface area contributed by atoms with Gasteiger partial charge in [0, 0.05) is 6.04 Å². The van der Waals surface area contributed by atoms with Gasteiger partial charge in [-0.1, -0.05) is 6.92 Å². The van der Waals surface area contributed by atoms with Crippen molar-refractivity contribution in [1.29, 1.82) is 0 Å². The molecule has 0 saturated heterocycles. The summed E-state index contributed by atoms with van der Waals surface area (Å²) in [4.78, 5) is 11.4. The van der Waals surface area contributed by atoms with E-state index < -0.39 is 11.5 Å². The van der Waals surface area contributed by atoms with Crippen LogP contribution in [0.25, 0.3) is 0 Å². The van der Waals surface area contributed by atoms with Crippen LogP contribution in [0.5, 0.6) is 0 Å². The summed E-state index contributed by atoms with van der Waals surface area (Å²) < 4.78 is 0. The lowest BCUT2D eigenvalue weighted by Crippen LogP contribution is -2.56. The van der Waals surface area contributed by atoms with E-state index in [0.29, 0.717) is 12.0 Å². The molecule has 3 nitrogen and oxygen atoms in total. The van der Waals surface area contributed by atoms with Crippen molar-refractivity contribution in [2.45, 2.75) is 64.0 Å². The van der Waals surface area contributed by atoms with Gasteiger partial charge in [-0.3, -0.25) is 10.1 Å². The van der Waals surface area contributed by atoms with E-state index in [0.717, 1.165) is 31.6 Å². The average Bonchev–Trinajstić information content (AvgIpc) is 3.04. The van der Waals surface area contributed by atoms with E-state index in [1.807, 2.05) is 6.92 Å². The van der Waals surface area contributed by atoms with Crippen molar-refractivity contribution in [2.24, 2.45) is 11.8 Å². The Morgan fingerprint density at radius 1 is 1.19 bits per heavy atom. The Kier molecular flexibility index (Phi) is 3.24. The van der Waals surface area contributed by atoms with Crippen LogP contribution in [0.4, 0.5) is 0 Å². The van der Waals surface area contributed by atoms with Crippen LogP contribution in [0.3, 0.4) is 0 Å². The lowest BCUT2D eigenvalue weighted by molar-refractivity contribution is -0.145. The fourth-order valence-electron chi connectivity index (χ4n) is 2.84. The molecular formula is C13H23NO2. The summed E-state index contributed by atoms with van der Waals surface area (Å²) in [7, 11) is 0. The lowest BCUT2D eigenvalue weighted by Gasteiger charge is -2.35. The Balaban J connectivity index is 1.93. The molecule has 2 aliphatic carbocycles. The minimum atomic E-state index is -0.675. The molecule has 2 saturated carbocycles. The van der Waals surface area contributed by atoms with Gasteiger partial charge in [-0.15, -0.1) is 0 Å². The summed E-state index contributed by atoms with van der Waals surface area (Å²) in [5, 5.41) is 12.8. The highest BCUT2D eigenvalue weighted by molar-refractivity contribution is 5.79. The molecule has 0 aromatic rings. The van der Waals surface area contributed by atoms with Crippen molar-refractivity contribution in [2.75, 3.05) is 0 Å². The molecule has 92 valence electrons. The highest BCUT2D eigenvalue weighted by Gasteiger charge is 2.48. The molecule has 0 heterocycles. The SMILES string of the molecule is CC1CCC(NC(C)(C(=O)O)C2CC2)CC1. The number of carboxylic acids is 1. The topological polar surface area (TPSA) is 49.3 Å². The van der Waals surface area contributed by atoms with Crippen LogP contribution in [0.1, 0.15) is 52.4 Å². The number of carboxylic acid groups (broad SMARTS) is 1. The molecular weight excluding hydrogens is 202 g/mol. The van der Waals surface area contributed by atoms with Gasteiger partial charge in [0.1, 0.15) is 5.54 Å². The van der Waals surface area contributed by atoms with Gasteiger partial charge in [0.05, 0.1) is 0 Å². The first kappa shape index (κ1) is 11.9. The van der Waals surface area contributed by atoms with Crippen molar-refractivity contribution in [3.05, 3.63) is 0 Å². The van der Waals surface area contributed by atoms with Crippen molar-refractivity contribution >= 4 is 5.97 Å². The van der Waals surface area contributed by atoms with E-state index >= 15 is 0 Å². The molecule has 0 amide bonds. The highest BCUT2D eigenvalue weighted by Crippen LogP contribution is 2.40. The van der Waals surface area contributed by atoms with E-state index in [9.17, 15) is 9.90 Å². The number of rotatable bonds is 4. The fraction of sp³-hybridized carbons (Fsp3) is 0.923. The minimum absolute atomic E-state index is 0.351. The Labute approximate surface area is 97.6 Å². The molecule has 2 fully saturated rings. The van der Waals surface area contributed by atoms with Gasteiger partial charge in [-0.05, 0) is 57.3 Å². The van der Waals surface area contributed by atoms with Crippen LogP contribution >= 0.6 is 0 Å². The summed E-state index contributed by atoms with van der Waals surface area (Å²) in [6.45, 7) is 4.15. The molecule has 2 aliphatic rings. The van der Waals surface area contributed by atoms with E-state index in [-0.39, 0.29) is 0 Å². The molecule has 0 aliphatic heterocycles. The molecule has 2 N–H and O–H groups in total. The maximum atomic E-state index is 11.4. The minimum Gasteiger partial charge on any atom is -0.480 e. The third kappa shape index (κ3) is 2.40. The Hall–Kier alpha value is -0.570. The fourth-order valence-corrected chi connectivity index (χ4v) is 2.84. The Morgan fingerprint density at radius 2 is 1.75 bits per heavy atom. The normalized spacial score (nSPS) is 34.4. The average molecular weight is 225 g/mol. The predicted octanol–water partition coefficient (Wildman–Crippen LogP) is 2.41. The van der Waals surface area contributed by atoms with Crippen LogP contribution < -0.4 is 5.32 Å². The summed E-state index contributed by atoms with van der Waals surface area (Å²) in [5.74, 6) is 0.494. The number of hydrogen-bond donors (Lipinski definition) is 2. The summed E-state index contributed by atoms with van der Waals surface area (Å²) >= 11 is 0. The molecule has 0 bridgehead atoms. The zero-order valence-electron chi connectivity index (χ0n) is 10.3. The Morgan fingerprint density at radius 3 is 2.19 bits per heavy atom. The third-order valence-corrected chi connectivity index (χ3v) is 4.36. The number of hydrogen-bond acceptors (Lipinski definition) is 2. The second kappa shape index (κ2) is 4.36. The number of nitrogens with one attached hydrogen (secondary N) is 1. The second-order valence-electron chi connectivity index (χ2n) is 5.88. The molecule has 0 spiro atoms. The molecule has 3 heteroatoms. The molecule has 0 aromatic carbocycles. The zero-order valence-corrected chi connectivity index (χ0v) is 10.3. The van der Waals surface area contributed by atoms with Gasteiger partial charge in [0.2, 0.25) is 0 Å². The molecule has 0 aromatic heterocycles. The van der Waals surface area contributed by atoms with Crippen LogP contribution in [-0.4, -0.2) is 22.7 Å². The smallest absolute Gasteiger partial charge is 0.323 e. The molecule has 16 heavy (non-hydrogen) atoms. The number of carbonyl (C=O) groups is 1. The van der Waals surface area contributed by atoms with Crippen molar-refractivity contribution in [3.63, 3.8) is 0 Å². The van der Waals surface area contributed by atoms with Gasteiger partial charge in [-0.25, -0.2) is 0 Å². The molecule has 1 unspecified atom stereocenters. The first-order valence-corrected chi connectivity index (χ1v) is 6.53. The predicted molar refractivity (Wildman–Crippen MR) is 63.3 cm³/mol. The molecule has 0 radical (unpaired) electrons. The number of aliphatic carboxylic acids is 1. The van der Waals surface area contributed by atoms with E-state index in [1.165, 1.54) is 12.8 Å². The molecule has 1 atom stereocenters. The third-order valence-electron chi connectivity index (χ3n) is 4.36. The summed E-state index contributed by atoms with van der Waals surface area (Å²) in [6, 6.07) is 0.415. The van der Waals surface area contributed by atoms with Crippen LogP contribution in [0, 0.1) is 11.8 Å². The quantitative estimate of drug-likeness (QED) is 0.772. The summed E-state index contributed by atoms with van der Waals surface area (Å²) in [5.41, 5.74) is -0.675. The summed E-state index contributed by atoms with van der Waals surface area (Å²) in [6.07, 6.45) is 6.88. The first-order valence-electron chi connectivity index (χ1n) is 6.53. The van der Waals surface area contributed by atoms with Gasteiger partial charge in [-0.2, -0.15) is 0 Å². The van der Waals surface area contributed by atoms with E-state index in [1.54, 1.807) is 0 Å². The van der Waals surface area contributed by atoms with Crippen molar-refractivity contribution < 1.29 is 9.90 Å². The van der Waals surface area contributed by atoms with Crippen molar-refractivity contribution in [3.8, 4) is 0 Å². The maximum absolute atomic E-state index is 11.4. The van der Waals surface area contributed by atoms with Gasteiger partial charge in [0.25, 0.3) is 0 Å². The monoisotopic (exact) mass is 225 g/mol. The van der Waals surface area contributed by atoms with Crippen LogP contribution in [-0.2, 0) is 4.79 Å². The van der Waals surface area contributed by atoms with Gasteiger partial charge < -0.3 is 5.11 Å². The largest absolute Gasteiger partial charge is 0.480 e. The van der Waals surface area contributed by atoms with E-state index in [2.05, 4.69) is 12.2 Å². The maximum Gasteiger partial charge on any atom is 0.323 e. The van der Waals surface area contributed by atoms with Crippen LogP contribution in [0.2, 0.25) is 0 Å². The highest BCUT2D eigenvalue weighted by atomic mass is 16.4.